The van der Waals surface area contributed by atoms with Crippen LogP contribution in [0.2, 0.25) is 0 Å². The normalized spacial score (nSPS) is 11.2. The van der Waals surface area contributed by atoms with Gasteiger partial charge in [0.1, 0.15) is 12.4 Å². The van der Waals surface area contributed by atoms with Crippen LogP contribution >= 0.6 is 0 Å². The Kier molecular flexibility index (Phi) is 5.54. The summed E-state index contributed by atoms with van der Waals surface area (Å²) in [4.78, 5) is 11.8. The van der Waals surface area contributed by atoms with Gasteiger partial charge in [-0.15, -0.1) is 0 Å². The van der Waals surface area contributed by atoms with E-state index < -0.39 is 17.5 Å². The molecule has 0 atom stereocenters. The molecule has 128 valence electrons. The monoisotopic (exact) mass is 333 g/mol. The molecule has 24 heavy (non-hydrogen) atoms. The number of carbonyl (C=O) groups excluding carboxylic acids is 1. The fourth-order valence-corrected chi connectivity index (χ4v) is 2.16. The maximum Gasteiger partial charge on any atom is 0.254 e. The second kappa shape index (κ2) is 7.43. The van der Waals surface area contributed by atoms with Crippen molar-refractivity contribution in [3.63, 3.8) is 0 Å². The van der Waals surface area contributed by atoms with Crippen LogP contribution in [0.15, 0.2) is 42.5 Å². The molecule has 0 radical (unpaired) electrons. The van der Waals surface area contributed by atoms with Crippen molar-refractivity contribution in [1.29, 1.82) is 0 Å². The van der Waals surface area contributed by atoms with E-state index in [-0.39, 0.29) is 24.1 Å². The summed E-state index contributed by atoms with van der Waals surface area (Å²) < 4.78 is 32.1. The minimum Gasteiger partial charge on any atom is -0.492 e. The number of ether oxygens (including phenoxy) is 1. The van der Waals surface area contributed by atoms with E-state index in [1.807, 2.05) is 24.3 Å². The molecule has 0 heterocycles. The summed E-state index contributed by atoms with van der Waals surface area (Å²) in [7, 11) is 0. The van der Waals surface area contributed by atoms with Gasteiger partial charge in [0.25, 0.3) is 5.91 Å². The summed E-state index contributed by atoms with van der Waals surface area (Å²) in [6.45, 7) is 6.81. The van der Waals surface area contributed by atoms with Gasteiger partial charge in [-0.05, 0) is 35.2 Å². The van der Waals surface area contributed by atoms with Gasteiger partial charge in [0.2, 0.25) is 0 Å². The highest BCUT2D eigenvalue weighted by molar-refractivity contribution is 5.94. The molecule has 5 heteroatoms. The maximum absolute atomic E-state index is 13.5. The number of rotatable bonds is 5. The van der Waals surface area contributed by atoms with Crippen LogP contribution in [0.1, 0.15) is 36.7 Å². The van der Waals surface area contributed by atoms with Crippen LogP contribution in [0.5, 0.6) is 5.75 Å². The van der Waals surface area contributed by atoms with Crippen LogP contribution < -0.4 is 10.1 Å². The molecule has 1 amide bonds. The Morgan fingerprint density at radius 2 is 1.75 bits per heavy atom. The van der Waals surface area contributed by atoms with Gasteiger partial charge in [0, 0.05) is 0 Å². The smallest absolute Gasteiger partial charge is 0.254 e. The van der Waals surface area contributed by atoms with Gasteiger partial charge in [-0.2, -0.15) is 0 Å². The third kappa shape index (κ3) is 4.54. The average molecular weight is 333 g/mol. The highest BCUT2D eigenvalue weighted by Crippen LogP contribution is 2.24. The van der Waals surface area contributed by atoms with Crippen molar-refractivity contribution < 1.29 is 18.3 Å². The zero-order valence-corrected chi connectivity index (χ0v) is 14.0. The molecule has 3 nitrogen and oxygen atoms in total. The first kappa shape index (κ1) is 17.9. The summed E-state index contributed by atoms with van der Waals surface area (Å²) in [6, 6.07) is 11.2. The average Bonchev–Trinajstić information content (AvgIpc) is 2.53. The number of amides is 1. The summed E-state index contributed by atoms with van der Waals surface area (Å²) in [5.41, 5.74) is 0.955. The van der Waals surface area contributed by atoms with Crippen molar-refractivity contribution in [2.45, 2.75) is 26.2 Å². The molecule has 0 unspecified atom stereocenters. The van der Waals surface area contributed by atoms with Crippen LogP contribution in [0, 0.1) is 11.6 Å². The third-order valence-corrected chi connectivity index (χ3v) is 3.57. The first-order valence-corrected chi connectivity index (χ1v) is 7.74. The van der Waals surface area contributed by atoms with Crippen LogP contribution in [-0.4, -0.2) is 19.1 Å². The fraction of sp³-hybridized carbons (Fsp3) is 0.316. The number of halogens is 2. The fourth-order valence-electron chi connectivity index (χ4n) is 2.16. The first-order valence-electron chi connectivity index (χ1n) is 7.74. The van der Waals surface area contributed by atoms with Crippen LogP contribution in [0.4, 0.5) is 8.78 Å². The Morgan fingerprint density at radius 1 is 1.08 bits per heavy atom. The molecule has 2 aromatic rings. The molecule has 2 rings (SSSR count). The van der Waals surface area contributed by atoms with Gasteiger partial charge in [0.15, 0.2) is 11.6 Å². The molecule has 0 saturated carbocycles. The van der Waals surface area contributed by atoms with Gasteiger partial charge in [0.05, 0.1) is 12.1 Å². The van der Waals surface area contributed by atoms with Crippen molar-refractivity contribution >= 4 is 5.91 Å². The number of benzene rings is 2. The van der Waals surface area contributed by atoms with E-state index in [9.17, 15) is 13.6 Å². The molecule has 1 N–H and O–H groups in total. The maximum atomic E-state index is 13.5. The molecule has 0 bridgehead atoms. The highest BCUT2D eigenvalue weighted by Gasteiger charge is 2.15. The molecule has 0 aliphatic heterocycles. The third-order valence-electron chi connectivity index (χ3n) is 3.57. The number of nitrogens with one attached hydrogen (secondary N) is 1. The van der Waals surface area contributed by atoms with Crippen molar-refractivity contribution in [3.8, 4) is 5.75 Å². The Hall–Kier alpha value is -2.43. The molecule has 0 saturated heterocycles. The van der Waals surface area contributed by atoms with Crippen LogP contribution in [0.3, 0.4) is 0 Å². The van der Waals surface area contributed by atoms with Gasteiger partial charge >= 0.3 is 0 Å². The van der Waals surface area contributed by atoms with Crippen molar-refractivity contribution in [2.75, 3.05) is 13.2 Å². The second-order valence-corrected chi connectivity index (χ2v) is 6.48. The Morgan fingerprint density at radius 3 is 2.38 bits per heavy atom. The minimum absolute atomic E-state index is 0.0710. The standard InChI is InChI=1S/C19H21F2NO2/c1-19(2,3)13-7-9-14(10-8-13)24-12-11-22-18(23)15-5-4-6-16(20)17(15)21/h4-10H,11-12H2,1-3H3,(H,22,23). The van der Waals surface area contributed by atoms with E-state index in [1.165, 1.54) is 17.7 Å². The lowest BCUT2D eigenvalue weighted by Gasteiger charge is -2.19. The highest BCUT2D eigenvalue weighted by atomic mass is 19.2. The molecule has 0 aliphatic carbocycles. The largest absolute Gasteiger partial charge is 0.492 e. The van der Waals surface area contributed by atoms with E-state index in [0.29, 0.717) is 5.75 Å². The molecule has 2 aromatic carbocycles. The van der Waals surface area contributed by atoms with E-state index in [0.717, 1.165) is 6.07 Å². The minimum atomic E-state index is -1.14. The van der Waals surface area contributed by atoms with E-state index in [1.54, 1.807) is 0 Å². The Bertz CT molecular complexity index is 706. The molecule has 0 aliphatic rings. The number of carbonyl (C=O) groups is 1. The summed E-state index contributed by atoms with van der Waals surface area (Å²) in [6.07, 6.45) is 0. The molecule has 0 aromatic heterocycles. The molecular formula is C19H21F2NO2. The van der Waals surface area contributed by atoms with Crippen LogP contribution in [-0.2, 0) is 5.41 Å². The lowest BCUT2D eigenvalue weighted by molar-refractivity contribution is 0.0942. The van der Waals surface area contributed by atoms with E-state index in [4.69, 9.17) is 4.74 Å². The lowest BCUT2D eigenvalue weighted by atomic mass is 9.87. The molecule has 0 fully saturated rings. The zero-order chi connectivity index (χ0) is 17.7. The summed E-state index contributed by atoms with van der Waals surface area (Å²) in [5, 5.41) is 2.50. The first-order chi connectivity index (χ1) is 11.3. The Labute approximate surface area is 140 Å². The van der Waals surface area contributed by atoms with Gasteiger partial charge in [-0.1, -0.05) is 39.0 Å². The SMILES string of the molecule is CC(C)(C)c1ccc(OCCNC(=O)c2cccc(F)c2F)cc1. The zero-order valence-electron chi connectivity index (χ0n) is 14.0. The lowest BCUT2D eigenvalue weighted by Crippen LogP contribution is -2.29. The topological polar surface area (TPSA) is 38.3 Å². The van der Waals surface area contributed by atoms with E-state index in [2.05, 4.69) is 26.1 Å². The van der Waals surface area contributed by atoms with Gasteiger partial charge < -0.3 is 10.1 Å². The molecular weight excluding hydrogens is 312 g/mol. The van der Waals surface area contributed by atoms with Crippen LogP contribution in [0.25, 0.3) is 0 Å². The predicted molar refractivity (Wildman–Crippen MR) is 89.3 cm³/mol. The molecule has 0 spiro atoms. The van der Waals surface area contributed by atoms with E-state index >= 15 is 0 Å². The van der Waals surface area contributed by atoms with Crippen molar-refractivity contribution in [1.82, 2.24) is 5.32 Å². The van der Waals surface area contributed by atoms with Gasteiger partial charge in [-0.25, -0.2) is 8.78 Å². The van der Waals surface area contributed by atoms with Crippen molar-refractivity contribution in [2.24, 2.45) is 0 Å². The summed E-state index contributed by atoms with van der Waals surface area (Å²) >= 11 is 0. The summed E-state index contributed by atoms with van der Waals surface area (Å²) in [5.74, 6) is -2.17. The van der Waals surface area contributed by atoms with Crippen molar-refractivity contribution in [3.05, 3.63) is 65.2 Å². The number of hydrogen-bond acceptors (Lipinski definition) is 2. The number of hydrogen-bond donors (Lipinski definition) is 1. The van der Waals surface area contributed by atoms with Gasteiger partial charge in [-0.3, -0.25) is 4.79 Å². The quantitative estimate of drug-likeness (QED) is 0.838. The predicted octanol–water partition coefficient (Wildman–Crippen LogP) is 4.07. The second-order valence-electron chi connectivity index (χ2n) is 6.48. The Balaban J connectivity index is 1.82.